The Hall–Kier alpha value is -1.79. The third-order valence-electron chi connectivity index (χ3n) is 2.73. The lowest BCUT2D eigenvalue weighted by molar-refractivity contribution is 0.0697. The quantitative estimate of drug-likeness (QED) is 0.781. The number of nitrogens with zero attached hydrogens (tertiary/aromatic N) is 2. The van der Waals surface area contributed by atoms with Gasteiger partial charge in [0.05, 0.1) is 31.4 Å². The zero-order valence-electron chi connectivity index (χ0n) is 10.3. The average molecular weight is 290 g/mol. The molecule has 0 saturated heterocycles. The van der Waals surface area contributed by atoms with Gasteiger partial charge in [0, 0.05) is 0 Å². The summed E-state index contributed by atoms with van der Waals surface area (Å²) in [5, 5.41) is 10.9. The minimum absolute atomic E-state index is 0.292. The van der Waals surface area contributed by atoms with Crippen molar-refractivity contribution in [3.8, 4) is 9.88 Å². The van der Waals surface area contributed by atoms with E-state index in [4.69, 9.17) is 5.11 Å². The van der Waals surface area contributed by atoms with Crippen LogP contribution >= 0.6 is 22.7 Å². The molecule has 3 rings (SSSR count). The molecular formula is C13H10N2O2S2. The maximum absolute atomic E-state index is 11.0. The van der Waals surface area contributed by atoms with Crippen molar-refractivity contribution in [1.82, 2.24) is 9.97 Å². The van der Waals surface area contributed by atoms with E-state index in [1.165, 1.54) is 11.3 Å². The molecule has 0 atom stereocenters. The number of carboxylic acid groups (broad SMARTS) is 1. The van der Waals surface area contributed by atoms with Gasteiger partial charge in [-0.05, 0) is 32.0 Å². The molecule has 0 spiro atoms. The van der Waals surface area contributed by atoms with Crippen LogP contribution in [0.1, 0.15) is 21.1 Å². The summed E-state index contributed by atoms with van der Waals surface area (Å²) in [5.74, 6) is -0.915. The average Bonchev–Trinajstić information content (AvgIpc) is 2.90. The molecule has 2 aromatic heterocycles. The number of hydrogen-bond donors (Lipinski definition) is 1. The normalized spacial score (nSPS) is 11.1. The van der Waals surface area contributed by atoms with E-state index in [9.17, 15) is 4.79 Å². The fourth-order valence-corrected chi connectivity index (χ4v) is 3.94. The predicted octanol–water partition coefficient (Wildman–Crippen LogP) is 3.73. The third-order valence-corrected chi connectivity index (χ3v) is 4.98. The summed E-state index contributed by atoms with van der Waals surface area (Å²) >= 11 is 3.12. The molecule has 6 heteroatoms. The minimum atomic E-state index is -0.915. The zero-order chi connectivity index (χ0) is 13.6. The lowest BCUT2D eigenvalue weighted by atomic mass is 10.2. The summed E-state index contributed by atoms with van der Waals surface area (Å²) in [7, 11) is 0. The van der Waals surface area contributed by atoms with Crippen LogP contribution in [0.4, 0.5) is 0 Å². The van der Waals surface area contributed by atoms with Crippen LogP contribution in [0, 0.1) is 13.8 Å². The van der Waals surface area contributed by atoms with Crippen molar-refractivity contribution in [2.75, 3.05) is 0 Å². The smallest absolute Gasteiger partial charge is 0.335 e. The van der Waals surface area contributed by atoms with Crippen LogP contribution in [0.3, 0.4) is 0 Å². The summed E-state index contributed by atoms with van der Waals surface area (Å²) in [6.45, 7) is 3.94. The van der Waals surface area contributed by atoms with E-state index in [2.05, 4.69) is 9.97 Å². The molecule has 0 aliphatic heterocycles. The molecule has 19 heavy (non-hydrogen) atoms. The van der Waals surface area contributed by atoms with Crippen molar-refractivity contribution < 1.29 is 9.90 Å². The van der Waals surface area contributed by atoms with Crippen molar-refractivity contribution in [1.29, 1.82) is 0 Å². The van der Waals surface area contributed by atoms with Crippen molar-refractivity contribution in [3.05, 3.63) is 34.5 Å². The number of aromatic carboxylic acids is 1. The Bertz CT molecular complexity index is 789. The highest BCUT2D eigenvalue weighted by molar-refractivity contribution is 7.25. The molecule has 0 saturated carbocycles. The fraction of sp³-hybridized carbons (Fsp3) is 0.154. The second kappa shape index (κ2) is 4.40. The molecule has 1 N–H and O–H groups in total. The Morgan fingerprint density at radius 2 is 2.00 bits per heavy atom. The monoisotopic (exact) mass is 290 g/mol. The number of aryl methyl sites for hydroxylation is 2. The van der Waals surface area contributed by atoms with Crippen LogP contribution in [-0.4, -0.2) is 21.0 Å². The lowest BCUT2D eigenvalue weighted by Crippen LogP contribution is -1.94. The minimum Gasteiger partial charge on any atom is -0.478 e. The van der Waals surface area contributed by atoms with E-state index in [0.29, 0.717) is 5.56 Å². The highest BCUT2D eigenvalue weighted by atomic mass is 32.1. The Morgan fingerprint density at radius 1 is 1.21 bits per heavy atom. The van der Waals surface area contributed by atoms with Crippen LogP contribution < -0.4 is 0 Å². The van der Waals surface area contributed by atoms with Crippen molar-refractivity contribution >= 4 is 38.9 Å². The van der Waals surface area contributed by atoms with Gasteiger partial charge in [0.25, 0.3) is 0 Å². The molecule has 0 aliphatic rings. The summed E-state index contributed by atoms with van der Waals surface area (Å²) in [6, 6.07) is 5.00. The number of carbonyl (C=O) groups is 1. The Kier molecular flexibility index (Phi) is 2.83. The summed E-state index contributed by atoms with van der Waals surface area (Å²) in [5.41, 5.74) is 2.09. The number of carboxylic acids is 1. The Labute approximate surface area is 117 Å². The first-order chi connectivity index (χ1) is 9.04. The van der Waals surface area contributed by atoms with Gasteiger partial charge in [-0.3, -0.25) is 0 Å². The highest BCUT2D eigenvalue weighted by Gasteiger charge is 2.13. The lowest BCUT2D eigenvalue weighted by Gasteiger charge is -1.91. The number of hydrogen-bond acceptors (Lipinski definition) is 5. The summed E-state index contributed by atoms with van der Waals surface area (Å²) in [4.78, 5) is 21.0. The Balaban J connectivity index is 2.16. The van der Waals surface area contributed by atoms with Crippen molar-refractivity contribution in [2.24, 2.45) is 0 Å². The van der Waals surface area contributed by atoms with E-state index < -0.39 is 5.97 Å². The maximum atomic E-state index is 11.0. The maximum Gasteiger partial charge on any atom is 0.335 e. The van der Waals surface area contributed by atoms with Gasteiger partial charge < -0.3 is 5.11 Å². The van der Waals surface area contributed by atoms with E-state index in [-0.39, 0.29) is 0 Å². The standard InChI is InChI=1S/C13H10N2O2S2/c1-6-11(18-7(2)14-6)12-15-9-4-3-8(13(16)17)5-10(9)19-12/h3-5H,1-2H3,(H,16,17). The molecule has 3 aromatic rings. The number of thiazole rings is 2. The Morgan fingerprint density at radius 3 is 2.63 bits per heavy atom. The first kappa shape index (κ1) is 12.3. The number of rotatable bonds is 2. The topological polar surface area (TPSA) is 63.1 Å². The van der Waals surface area contributed by atoms with E-state index in [1.807, 2.05) is 13.8 Å². The fourth-order valence-electron chi connectivity index (χ4n) is 1.88. The van der Waals surface area contributed by atoms with Crippen molar-refractivity contribution in [2.45, 2.75) is 13.8 Å². The van der Waals surface area contributed by atoms with Crippen LogP contribution in [0.25, 0.3) is 20.1 Å². The largest absolute Gasteiger partial charge is 0.478 e. The number of benzene rings is 1. The molecule has 0 radical (unpaired) electrons. The van der Waals surface area contributed by atoms with E-state index >= 15 is 0 Å². The van der Waals surface area contributed by atoms with Crippen LogP contribution in [0.5, 0.6) is 0 Å². The molecule has 0 bridgehead atoms. The molecule has 1 aromatic carbocycles. The van der Waals surface area contributed by atoms with E-state index in [0.717, 1.165) is 30.8 Å². The van der Waals surface area contributed by atoms with Gasteiger partial charge in [-0.2, -0.15) is 0 Å². The molecule has 0 unspecified atom stereocenters. The van der Waals surface area contributed by atoms with Crippen LogP contribution in [0.15, 0.2) is 18.2 Å². The summed E-state index contributed by atoms with van der Waals surface area (Å²) < 4.78 is 0.889. The molecule has 4 nitrogen and oxygen atoms in total. The molecule has 0 aliphatic carbocycles. The molecule has 0 fully saturated rings. The SMILES string of the molecule is Cc1nc(C)c(-c2nc3ccc(C(=O)O)cc3s2)s1. The van der Waals surface area contributed by atoms with Gasteiger partial charge in [0.15, 0.2) is 0 Å². The van der Waals surface area contributed by atoms with Gasteiger partial charge in [-0.15, -0.1) is 22.7 Å². The second-order valence-corrected chi connectivity index (χ2v) is 6.39. The van der Waals surface area contributed by atoms with Gasteiger partial charge in [-0.25, -0.2) is 14.8 Å². The summed E-state index contributed by atoms with van der Waals surface area (Å²) in [6.07, 6.45) is 0. The van der Waals surface area contributed by atoms with Crippen molar-refractivity contribution in [3.63, 3.8) is 0 Å². The first-order valence-electron chi connectivity index (χ1n) is 5.63. The van der Waals surface area contributed by atoms with E-state index in [1.54, 1.807) is 29.5 Å². The van der Waals surface area contributed by atoms with Crippen LogP contribution in [0.2, 0.25) is 0 Å². The molecule has 96 valence electrons. The molecule has 0 amide bonds. The third kappa shape index (κ3) is 2.13. The highest BCUT2D eigenvalue weighted by Crippen LogP contribution is 2.35. The van der Waals surface area contributed by atoms with Crippen LogP contribution in [-0.2, 0) is 0 Å². The zero-order valence-corrected chi connectivity index (χ0v) is 11.9. The first-order valence-corrected chi connectivity index (χ1v) is 7.26. The van der Waals surface area contributed by atoms with Gasteiger partial charge in [0.2, 0.25) is 0 Å². The molecule has 2 heterocycles. The van der Waals surface area contributed by atoms with Gasteiger partial charge in [0.1, 0.15) is 5.01 Å². The van der Waals surface area contributed by atoms with Gasteiger partial charge in [-0.1, -0.05) is 0 Å². The predicted molar refractivity (Wildman–Crippen MR) is 77.2 cm³/mol. The number of aromatic nitrogens is 2. The number of fused-ring (bicyclic) bond motifs is 1. The second-order valence-electron chi connectivity index (χ2n) is 4.15. The molecular weight excluding hydrogens is 280 g/mol. The van der Waals surface area contributed by atoms with Gasteiger partial charge >= 0.3 is 5.97 Å².